The lowest BCUT2D eigenvalue weighted by molar-refractivity contribution is -0.126. The number of carbonyl (C=O) groups excluding carboxylic acids is 1. The van der Waals surface area contributed by atoms with Crippen molar-refractivity contribution in [1.29, 1.82) is 0 Å². The van der Waals surface area contributed by atoms with Crippen molar-refractivity contribution >= 4 is 5.91 Å². The SMILES string of the molecule is CN(C)CCOCCNC(=O)C1CCCC(N)C1. The van der Waals surface area contributed by atoms with E-state index in [1.54, 1.807) is 0 Å². The minimum Gasteiger partial charge on any atom is -0.378 e. The molecule has 1 aliphatic rings. The summed E-state index contributed by atoms with van der Waals surface area (Å²) in [6.07, 6.45) is 3.92. The van der Waals surface area contributed by atoms with Crippen LogP contribution in [0.1, 0.15) is 25.7 Å². The van der Waals surface area contributed by atoms with Crippen molar-refractivity contribution in [1.82, 2.24) is 10.2 Å². The zero-order chi connectivity index (χ0) is 13.4. The summed E-state index contributed by atoms with van der Waals surface area (Å²) >= 11 is 0. The molecule has 2 unspecified atom stereocenters. The van der Waals surface area contributed by atoms with Gasteiger partial charge in [0, 0.05) is 25.0 Å². The van der Waals surface area contributed by atoms with Gasteiger partial charge in [0.2, 0.25) is 5.91 Å². The fourth-order valence-electron chi connectivity index (χ4n) is 2.21. The maximum atomic E-state index is 11.9. The zero-order valence-electron chi connectivity index (χ0n) is 11.7. The Hall–Kier alpha value is -0.650. The van der Waals surface area contributed by atoms with Crippen LogP contribution in [0.4, 0.5) is 0 Å². The third kappa shape index (κ3) is 6.33. The molecule has 1 rings (SSSR count). The number of nitrogens with one attached hydrogen (secondary N) is 1. The Bertz CT molecular complexity index is 246. The smallest absolute Gasteiger partial charge is 0.223 e. The molecule has 0 aromatic rings. The van der Waals surface area contributed by atoms with E-state index in [1.807, 2.05) is 14.1 Å². The molecule has 0 spiro atoms. The number of nitrogens with zero attached hydrogens (tertiary/aromatic N) is 1. The number of likely N-dealkylation sites (N-methyl/N-ethyl adjacent to an activating group) is 1. The Morgan fingerprint density at radius 2 is 2.17 bits per heavy atom. The molecule has 5 heteroatoms. The van der Waals surface area contributed by atoms with E-state index in [0.717, 1.165) is 32.2 Å². The summed E-state index contributed by atoms with van der Waals surface area (Å²) in [4.78, 5) is 13.9. The van der Waals surface area contributed by atoms with Gasteiger partial charge in [-0.3, -0.25) is 4.79 Å². The van der Waals surface area contributed by atoms with Gasteiger partial charge >= 0.3 is 0 Å². The maximum Gasteiger partial charge on any atom is 0.223 e. The van der Waals surface area contributed by atoms with E-state index < -0.39 is 0 Å². The number of hydrogen-bond donors (Lipinski definition) is 2. The van der Waals surface area contributed by atoms with E-state index >= 15 is 0 Å². The van der Waals surface area contributed by atoms with Crippen molar-refractivity contribution in [2.75, 3.05) is 40.4 Å². The van der Waals surface area contributed by atoms with Gasteiger partial charge in [0.25, 0.3) is 0 Å². The molecule has 1 saturated carbocycles. The second-order valence-corrected chi connectivity index (χ2v) is 5.33. The van der Waals surface area contributed by atoms with Crippen molar-refractivity contribution in [2.45, 2.75) is 31.7 Å². The molecular formula is C13H27N3O2. The topological polar surface area (TPSA) is 67.6 Å². The second-order valence-electron chi connectivity index (χ2n) is 5.33. The normalized spacial score (nSPS) is 24.2. The van der Waals surface area contributed by atoms with Crippen LogP contribution in [0.5, 0.6) is 0 Å². The molecule has 18 heavy (non-hydrogen) atoms. The highest BCUT2D eigenvalue weighted by Crippen LogP contribution is 2.22. The lowest BCUT2D eigenvalue weighted by Crippen LogP contribution is -2.39. The number of ether oxygens (including phenoxy) is 1. The summed E-state index contributed by atoms with van der Waals surface area (Å²) in [6.45, 7) is 2.79. The Morgan fingerprint density at radius 1 is 1.39 bits per heavy atom. The first-order chi connectivity index (χ1) is 8.59. The van der Waals surface area contributed by atoms with Crippen LogP contribution in [0.15, 0.2) is 0 Å². The number of rotatable bonds is 7. The highest BCUT2D eigenvalue weighted by Gasteiger charge is 2.24. The van der Waals surface area contributed by atoms with Crippen molar-refractivity contribution in [3.8, 4) is 0 Å². The minimum atomic E-state index is 0.107. The van der Waals surface area contributed by atoms with Crippen LogP contribution in [0.3, 0.4) is 0 Å². The predicted octanol–water partition coefficient (Wildman–Crippen LogP) is 0.198. The third-order valence-corrected chi connectivity index (χ3v) is 3.31. The summed E-state index contributed by atoms with van der Waals surface area (Å²) < 4.78 is 5.42. The van der Waals surface area contributed by atoms with E-state index in [9.17, 15) is 4.79 Å². The quantitative estimate of drug-likeness (QED) is 0.639. The lowest BCUT2D eigenvalue weighted by Gasteiger charge is -2.25. The predicted molar refractivity (Wildman–Crippen MR) is 72.3 cm³/mol. The van der Waals surface area contributed by atoms with Crippen LogP contribution in [-0.4, -0.2) is 57.2 Å². The summed E-state index contributed by atoms with van der Waals surface area (Å²) in [6, 6.07) is 0.200. The number of hydrogen-bond acceptors (Lipinski definition) is 4. The molecule has 1 amide bonds. The van der Waals surface area contributed by atoms with E-state index in [-0.39, 0.29) is 17.9 Å². The van der Waals surface area contributed by atoms with Gasteiger partial charge in [-0.2, -0.15) is 0 Å². The molecule has 0 radical (unpaired) electrons. The van der Waals surface area contributed by atoms with Gasteiger partial charge in [-0.1, -0.05) is 6.42 Å². The van der Waals surface area contributed by atoms with Gasteiger partial charge in [-0.25, -0.2) is 0 Å². The molecule has 0 aliphatic heterocycles. The average Bonchev–Trinajstić information content (AvgIpc) is 2.33. The Morgan fingerprint density at radius 3 is 2.83 bits per heavy atom. The van der Waals surface area contributed by atoms with Gasteiger partial charge in [0.15, 0.2) is 0 Å². The molecule has 1 aliphatic carbocycles. The first-order valence-electron chi connectivity index (χ1n) is 6.85. The molecule has 0 aromatic carbocycles. The van der Waals surface area contributed by atoms with Crippen LogP contribution < -0.4 is 11.1 Å². The molecule has 2 atom stereocenters. The Balaban J connectivity index is 2.02. The fraction of sp³-hybridized carbons (Fsp3) is 0.923. The molecule has 106 valence electrons. The van der Waals surface area contributed by atoms with Crippen molar-refractivity contribution in [3.05, 3.63) is 0 Å². The fourth-order valence-corrected chi connectivity index (χ4v) is 2.21. The largest absolute Gasteiger partial charge is 0.378 e. The molecule has 0 heterocycles. The molecule has 3 N–H and O–H groups in total. The summed E-state index contributed by atoms with van der Waals surface area (Å²) in [5.41, 5.74) is 5.88. The Labute approximate surface area is 110 Å². The Kier molecular flexibility index (Phi) is 7.23. The van der Waals surface area contributed by atoms with Crippen LogP contribution in [-0.2, 0) is 9.53 Å². The van der Waals surface area contributed by atoms with Crippen LogP contribution in [0, 0.1) is 5.92 Å². The van der Waals surface area contributed by atoms with E-state index in [2.05, 4.69) is 10.2 Å². The average molecular weight is 257 g/mol. The monoisotopic (exact) mass is 257 g/mol. The van der Waals surface area contributed by atoms with Gasteiger partial charge in [0.05, 0.1) is 13.2 Å². The molecule has 0 saturated heterocycles. The number of amides is 1. The van der Waals surface area contributed by atoms with Crippen molar-refractivity contribution in [2.24, 2.45) is 11.7 Å². The molecule has 1 fully saturated rings. The third-order valence-electron chi connectivity index (χ3n) is 3.31. The van der Waals surface area contributed by atoms with Crippen LogP contribution in [0.25, 0.3) is 0 Å². The molecule has 0 bridgehead atoms. The van der Waals surface area contributed by atoms with Gasteiger partial charge in [-0.05, 0) is 33.4 Å². The van der Waals surface area contributed by atoms with Crippen LogP contribution >= 0.6 is 0 Å². The molecular weight excluding hydrogens is 230 g/mol. The van der Waals surface area contributed by atoms with Crippen molar-refractivity contribution in [3.63, 3.8) is 0 Å². The van der Waals surface area contributed by atoms with E-state index in [0.29, 0.717) is 19.8 Å². The zero-order valence-corrected chi connectivity index (χ0v) is 11.7. The van der Waals surface area contributed by atoms with Gasteiger partial charge in [-0.15, -0.1) is 0 Å². The summed E-state index contributed by atoms with van der Waals surface area (Å²) in [7, 11) is 4.02. The molecule has 0 aromatic heterocycles. The van der Waals surface area contributed by atoms with Crippen molar-refractivity contribution < 1.29 is 9.53 Å². The minimum absolute atomic E-state index is 0.107. The summed E-state index contributed by atoms with van der Waals surface area (Å²) in [5.74, 6) is 0.247. The number of nitrogens with two attached hydrogens (primary N) is 1. The second kappa shape index (κ2) is 8.45. The first-order valence-corrected chi connectivity index (χ1v) is 6.85. The number of carbonyl (C=O) groups is 1. The van der Waals surface area contributed by atoms with E-state index in [1.165, 1.54) is 0 Å². The molecule has 5 nitrogen and oxygen atoms in total. The summed E-state index contributed by atoms with van der Waals surface area (Å²) in [5, 5.41) is 2.93. The highest BCUT2D eigenvalue weighted by atomic mass is 16.5. The van der Waals surface area contributed by atoms with E-state index in [4.69, 9.17) is 10.5 Å². The van der Waals surface area contributed by atoms with Crippen LogP contribution in [0.2, 0.25) is 0 Å². The lowest BCUT2D eigenvalue weighted by atomic mass is 9.85. The van der Waals surface area contributed by atoms with Gasteiger partial charge in [0.1, 0.15) is 0 Å². The highest BCUT2D eigenvalue weighted by molar-refractivity contribution is 5.78. The van der Waals surface area contributed by atoms with Gasteiger partial charge < -0.3 is 20.7 Å². The standard InChI is InChI=1S/C13H27N3O2/c1-16(2)7-9-18-8-6-15-13(17)11-4-3-5-12(14)10-11/h11-12H,3-10,14H2,1-2H3,(H,15,17). The first kappa shape index (κ1) is 15.4. The maximum absolute atomic E-state index is 11.9.